The molecule has 176 valence electrons. The van der Waals surface area contributed by atoms with E-state index in [-0.39, 0.29) is 17.4 Å². The zero-order chi connectivity index (χ0) is 22.6. The average Bonchev–Trinajstić information content (AvgIpc) is 3.21. The summed E-state index contributed by atoms with van der Waals surface area (Å²) in [6, 6.07) is 8.15. The molecule has 2 aromatic rings. The van der Waals surface area contributed by atoms with Crippen molar-refractivity contribution in [3.05, 3.63) is 30.0 Å². The third-order valence-corrected chi connectivity index (χ3v) is 6.61. The molecule has 0 spiro atoms. The molecule has 1 aromatic carbocycles. The van der Waals surface area contributed by atoms with Crippen LogP contribution in [0.15, 0.2) is 24.3 Å². The quantitative estimate of drug-likeness (QED) is 0.675. The number of carbonyl (C=O) groups is 1. The Bertz CT molecular complexity index is 887. The monoisotopic (exact) mass is 440 g/mol. The van der Waals surface area contributed by atoms with Gasteiger partial charge < -0.3 is 24.8 Å². The first kappa shape index (κ1) is 23.1. The van der Waals surface area contributed by atoms with Crippen LogP contribution in [0.1, 0.15) is 63.4 Å². The normalized spacial score (nSPS) is 19.3. The molecule has 0 aliphatic carbocycles. The largest absolute Gasteiger partial charge is 0.493 e. The zero-order valence-corrected chi connectivity index (χ0v) is 20.1. The van der Waals surface area contributed by atoms with Crippen molar-refractivity contribution in [1.82, 2.24) is 20.1 Å². The van der Waals surface area contributed by atoms with Crippen molar-refractivity contribution < 1.29 is 9.53 Å². The predicted octanol–water partition coefficient (Wildman–Crippen LogP) is 4.27. The number of aromatic amines is 1. The molecule has 1 amide bonds. The fraction of sp³-hybridized carbons (Fsp3) is 0.654. The molecule has 1 aromatic heterocycles. The van der Waals surface area contributed by atoms with Crippen molar-refractivity contribution >= 4 is 16.8 Å². The summed E-state index contributed by atoms with van der Waals surface area (Å²) in [5.41, 5.74) is 1.70. The van der Waals surface area contributed by atoms with Crippen molar-refractivity contribution in [1.29, 1.82) is 0 Å². The second-order valence-electron chi connectivity index (χ2n) is 10.8. The number of H-pyrrole nitrogens is 1. The molecular weight excluding hydrogens is 400 g/mol. The number of aromatic nitrogens is 1. The number of hydrogen-bond acceptors (Lipinski definition) is 4. The topological polar surface area (TPSA) is 60.6 Å². The highest BCUT2D eigenvalue weighted by Crippen LogP contribution is 2.24. The molecule has 2 saturated heterocycles. The van der Waals surface area contributed by atoms with Crippen LogP contribution in [0.2, 0.25) is 0 Å². The van der Waals surface area contributed by atoms with Gasteiger partial charge in [0.05, 0.1) is 6.61 Å². The molecule has 3 heterocycles. The predicted molar refractivity (Wildman–Crippen MR) is 130 cm³/mol. The molecule has 0 bridgehead atoms. The first-order chi connectivity index (χ1) is 15.4. The van der Waals surface area contributed by atoms with E-state index in [1.807, 2.05) is 24.3 Å². The van der Waals surface area contributed by atoms with Crippen LogP contribution in [0.4, 0.5) is 0 Å². The van der Waals surface area contributed by atoms with Crippen LogP contribution in [0, 0.1) is 5.41 Å². The van der Waals surface area contributed by atoms with Gasteiger partial charge in [-0.3, -0.25) is 4.79 Å². The van der Waals surface area contributed by atoms with E-state index in [0.29, 0.717) is 12.3 Å². The van der Waals surface area contributed by atoms with Gasteiger partial charge >= 0.3 is 0 Å². The lowest BCUT2D eigenvalue weighted by molar-refractivity contribution is 0.0901. The maximum atomic E-state index is 12.8. The van der Waals surface area contributed by atoms with Crippen molar-refractivity contribution in [3.8, 4) is 5.75 Å². The molecule has 0 unspecified atom stereocenters. The number of rotatable bonds is 7. The van der Waals surface area contributed by atoms with Crippen molar-refractivity contribution in [2.45, 2.75) is 58.9 Å². The number of fused-ring (bicyclic) bond motifs is 1. The van der Waals surface area contributed by atoms with Gasteiger partial charge in [-0.1, -0.05) is 27.2 Å². The molecule has 0 atom stereocenters. The van der Waals surface area contributed by atoms with Crippen LogP contribution >= 0.6 is 0 Å². The van der Waals surface area contributed by atoms with E-state index >= 15 is 0 Å². The Morgan fingerprint density at radius 3 is 2.41 bits per heavy atom. The van der Waals surface area contributed by atoms with Crippen LogP contribution < -0.4 is 10.1 Å². The number of likely N-dealkylation sites (tertiary alicyclic amines) is 2. The van der Waals surface area contributed by atoms with E-state index in [9.17, 15) is 4.79 Å². The molecule has 6 heteroatoms. The van der Waals surface area contributed by atoms with Crippen LogP contribution in [0.5, 0.6) is 5.75 Å². The summed E-state index contributed by atoms with van der Waals surface area (Å²) < 4.78 is 5.92. The summed E-state index contributed by atoms with van der Waals surface area (Å²) in [7, 11) is 0. The molecule has 6 nitrogen and oxygen atoms in total. The highest BCUT2D eigenvalue weighted by molar-refractivity contribution is 5.98. The van der Waals surface area contributed by atoms with Gasteiger partial charge in [0.1, 0.15) is 11.4 Å². The number of nitrogens with one attached hydrogen (secondary N) is 2. The summed E-state index contributed by atoms with van der Waals surface area (Å²) in [6.07, 6.45) is 6.15. The number of piperidine rings is 2. The Hall–Kier alpha value is -2.05. The lowest BCUT2D eigenvalue weighted by atomic mass is 9.99. The van der Waals surface area contributed by atoms with E-state index in [2.05, 4.69) is 40.9 Å². The Morgan fingerprint density at radius 2 is 1.72 bits per heavy atom. The van der Waals surface area contributed by atoms with Crippen LogP contribution in [0.25, 0.3) is 10.9 Å². The molecular formula is C26H40N4O2. The smallest absolute Gasteiger partial charge is 0.267 e. The fourth-order valence-electron chi connectivity index (χ4n) is 4.65. The fourth-order valence-corrected chi connectivity index (χ4v) is 4.65. The van der Waals surface area contributed by atoms with E-state index in [0.717, 1.165) is 49.1 Å². The summed E-state index contributed by atoms with van der Waals surface area (Å²) in [4.78, 5) is 21.3. The lowest BCUT2D eigenvalue weighted by Gasteiger charge is -2.34. The second kappa shape index (κ2) is 10.3. The van der Waals surface area contributed by atoms with Gasteiger partial charge in [-0.25, -0.2) is 0 Å². The maximum absolute atomic E-state index is 12.8. The molecule has 4 rings (SSSR count). The number of benzene rings is 1. The van der Waals surface area contributed by atoms with E-state index < -0.39 is 0 Å². The van der Waals surface area contributed by atoms with Gasteiger partial charge in [-0.2, -0.15) is 0 Å². The van der Waals surface area contributed by atoms with E-state index in [1.54, 1.807) is 0 Å². The molecule has 32 heavy (non-hydrogen) atoms. The third-order valence-electron chi connectivity index (χ3n) is 6.61. The minimum absolute atomic E-state index is 0.00914. The summed E-state index contributed by atoms with van der Waals surface area (Å²) in [6.45, 7) is 14.1. The standard InChI is InChI=1S/C26H40N4O2/c1-26(2,3)19-32-22-7-8-23-20(17-22)18-24(28-23)25(31)27-21-9-13-30(14-10-21)16-15-29-11-5-4-6-12-29/h7-8,17-18,21,28H,4-6,9-16,19H2,1-3H3,(H,27,31). The lowest BCUT2D eigenvalue weighted by Crippen LogP contribution is -2.46. The van der Waals surface area contributed by atoms with E-state index in [1.165, 1.54) is 38.9 Å². The SMILES string of the molecule is CC(C)(C)COc1ccc2[nH]c(C(=O)NC3CCN(CCN4CCCCC4)CC3)cc2c1. The van der Waals surface area contributed by atoms with Crippen molar-refractivity contribution in [2.75, 3.05) is 45.9 Å². The van der Waals surface area contributed by atoms with Gasteiger partial charge in [0, 0.05) is 43.1 Å². The number of ether oxygens (including phenoxy) is 1. The van der Waals surface area contributed by atoms with Gasteiger partial charge in [0.15, 0.2) is 0 Å². The van der Waals surface area contributed by atoms with Crippen LogP contribution in [-0.4, -0.2) is 72.6 Å². The number of hydrogen-bond donors (Lipinski definition) is 2. The molecule has 0 saturated carbocycles. The highest BCUT2D eigenvalue weighted by atomic mass is 16.5. The summed E-state index contributed by atoms with van der Waals surface area (Å²) in [5, 5.41) is 4.25. The minimum Gasteiger partial charge on any atom is -0.493 e. The van der Waals surface area contributed by atoms with Crippen molar-refractivity contribution in [2.24, 2.45) is 5.41 Å². The zero-order valence-electron chi connectivity index (χ0n) is 20.1. The van der Waals surface area contributed by atoms with Gasteiger partial charge in [0.2, 0.25) is 0 Å². The second-order valence-corrected chi connectivity index (χ2v) is 10.8. The molecule has 2 N–H and O–H groups in total. The third kappa shape index (κ3) is 6.48. The molecule has 2 aliphatic heterocycles. The maximum Gasteiger partial charge on any atom is 0.267 e. The Kier molecular flexibility index (Phi) is 7.41. The van der Waals surface area contributed by atoms with Crippen molar-refractivity contribution in [3.63, 3.8) is 0 Å². The first-order valence-electron chi connectivity index (χ1n) is 12.4. The number of carbonyl (C=O) groups excluding carboxylic acids is 1. The summed E-state index contributed by atoms with van der Waals surface area (Å²) >= 11 is 0. The Balaban J connectivity index is 1.25. The Morgan fingerprint density at radius 1 is 1.03 bits per heavy atom. The number of amides is 1. The van der Waals surface area contributed by atoms with E-state index in [4.69, 9.17) is 4.74 Å². The average molecular weight is 441 g/mol. The number of nitrogens with zero attached hydrogens (tertiary/aromatic N) is 2. The van der Waals surface area contributed by atoms with Gasteiger partial charge in [-0.15, -0.1) is 0 Å². The van der Waals surface area contributed by atoms with Crippen LogP contribution in [-0.2, 0) is 0 Å². The first-order valence-corrected chi connectivity index (χ1v) is 12.4. The highest BCUT2D eigenvalue weighted by Gasteiger charge is 2.22. The molecule has 2 aliphatic rings. The van der Waals surface area contributed by atoms with Gasteiger partial charge in [0.25, 0.3) is 5.91 Å². The Labute approximate surface area is 192 Å². The summed E-state index contributed by atoms with van der Waals surface area (Å²) in [5.74, 6) is 0.834. The molecule has 0 radical (unpaired) electrons. The minimum atomic E-state index is -0.00914. The van der Waals surface area contributed by atoms with Crippen LogP contribution in [0.3, 0.4) is 0 Å². The molecule has 2 fully saturated rings. The van der Waals surface area contributed by atoms with Gasteiger partial charge in [-0.05, 0) is 68.5 Å².